The Labute approximate surface area is 162 Å². The summed E-state index contributed by atoms with van der Waals surface area (Å²) in [5.74, 6) is 2.57. The molecule has 1 aliphatic carbocycles. The molecule has 1 aromatic carbocycles. The standard InChI is InChI=1S/C20H30N2O3.ClH/c1-14-4-7-17(8-5-14)22(20(23)15(2)11-21-3)12-16-6-9-18-19(10-16)25-13-24-18;/h6,9-10,14-15,17,21H,4-5,7-8,11-13H2,1-3H3;1H. The molecule has 0 aromatic heterocycles. The van der Waals surface area contributed by atoms with Gasteiger partial charge in [0.25, 0.3) is 0 Å². The Kier molecular flexibility index (Phi) is 7.59. The molecule has 26 heavy (non-hydrogen) atoms. The van der Waals surface area contributed by atoms with Crippen molar-refractivity contribution in [3.05, 3.63) is 23.8 Å². The first-order chi connectivity index (χ1) is 12.1. The molecule has 1 aliphatic heterocycles. The Morgan fingerprint density at radius 1 is 1.23 bits per heavy atom. The van der Waals surface area contributed by atoms with Crippen LogP contribution in [0.5, 0.6) is 11.5 Å². The highest BCUT2D eigenvalue weighted by atomic mass is 35.5. The topological polar surface area (TPSA) is 50.8 Å². The molecule has 1 unspecified atom stereocenters. The maximum absolute atomic E-state index is 13.1. The summed E-state index contributed by atoms with van der Waals surface area (Å²) in [6.45, 7) is 5.95. The Morgan fingerprint density at radius 3 is 2.62 bits per heavy atom. The highest BCUT2D eigenvalue weighted by Crippen LogP contribution is 2.34. The minimum atomic E-state index is -0.0154. The average Bonchev–Trinajstić information content (AvgIpc) is 3.08. The largest absolute Gasteiger partial charge is 0.454 e. The van der Waals surface area contributed by atoms with E-state index in [4.69, 9.17) is 9.47 Å². The lowest BCUT2D eigenvalue weighted by Crippen LogP contribution is -2.45. The van der Waals surface area contributed by atoms with Gasteiger partial charge in [-0.15, -0.1) is 12.4 Å². The number of benzene rings is 1. The molecule has 1 fully saturated rings. The molecule has 2 aliphatic rings. The van der Waals surface area contributed by atoms with Crippen molar-refractivity contribution in [1.29, 1.82) is 0 Å². The minimum absolute atomic E-state index is 0. The molecule has 0 spiro atoms. The van der Waals surface area contributed by atoms with Crippen LogP contribution in [0, 0.1) is 11.8 Å². The van der Waals surface area contributed by atoms with Crippen molar-refractivity contribution in [3.8, 4) is 11.5 Å². The summed E-state index contributed by atoms with van der Waals surface area (Å²) in [6.07, 6.45) is 4.61. The van der Waals surface area contributed by atoms with Gasteiger partial charge in [-0.25, -0.2) is 0 Å². The summed E-state index contributed by atoms with van der Waals surface area (Å²) in [5, 5.41) is 3.13. The van der Waals surface area contributed by atoms with E-state index >= 15 is 0 Å². The predicted octanol–water partition coefficient (Wildman–Crippen LogP) is 3.60. The molecule has 6 heteroatoms. The number of carbonyl (C=O) groups excluding carboxylic acids is 1. The van der Waals surface area contributed by atoms with E-state index in [0.717, 1.165) is 35.8 Å². The number of nitrogens with zero attached hydrogens (tertiary/aromatic N) is 1. The number of fused-ring (bicyclic) bond motifs is 1. The van der Waals surface area contributed by atoms with Gasteiger partial charge in [0.15, 0.2) is 11.5 Å². The van der Waals surface area contributed by atoms with Gasteiger partial charge in [0.2, 0.25) is 12.7 Å². The summed E-state index contributed by atoms with van der Waals surface area (Å²) in [5.41, 5.74) is 1.10. The molecule has 0 radical (unpaired) electrons. The fourth-order valence-electron chi connectivity index (χ4n) is 3.85. The van der Waals surface area contributed by atoms with Crippen LogP contribution in [0.25, 0.3) is 0 Å². The number of carbonyl (C=O) groups is 1. The number of hydrogen-bond donors (Lipinski definition) is 1. The third-order valence-corrected chi connectivity index (χ3v) is 5.43. The van der Waals surface area contributed by atoms with Crippen LogP contribution in [0.1, 0.15) is 45.1 Å². The van der Waals surface area contributed by atoms with Gasteiger partial charge in [-0.3, -0.25) is 4.79 Å². The SMILES string of the molecule is CNCC(C)C(=O)N(Cc1ccc2c(c1)OCO2)C1CCC(C)CC1.Cl. The first-order valence-corrected chi connectivity index (χ1v) is 9.42. The molecule has 1 aromatic rings. The van der Waals surface area contributed by atoms with E-state index in [2.05, 4.69) is 17.1 Å². The molecule has 1 N–H and O–H groups in total. The van der Waals surface area contributed by atoms with Gasteiger partial charge in [0, 0.05) is 25.0 Å². The van der Waals surface area contributed by atoms with E-state index in [1.165, 1.54) is 12.8 Å². The molecule has 1 amide bonds. The van der Waals surface area contributed by atoms with Gasteiger partial charge in [-0.2, -0.15) is 0 Å². The van der Waals surface area contributed by atoms with Gasteiger partial charge >= 0.3 is 0 Å². The van der Waals surface area contributed by atoms with Crippen LogP contribution in [0.2, 0.25) is 0 Å². The zero-order valence-electron chi connectivity index (χ0n) is 16.0. The maximum atomic E-state index is 13.1. The van der Waals surface area contributed by atoms with Crippen LogP contribution < -0.4 is 14.8 Å². The lowest BCUT2D eigenvalue weighted by molar-refractivity contribution is -0.138. The molecule has 5 nitrogen and oxygen atoms in total. The van der Waals surface area contributed by atoms with Crippen molar-refractivity contribution in [3.63, 3.8) is 0 Å². The van der Waals surface area contributed by atoms with Crippen molar-refractivity contribution in [1.82, 2.24) is 10.2 Å². The highest BCUT2D eigenvalue weighted by molar-refractivity contribution is 5.85. The number of nitrogens with one attached hydrogen (secondary N) is 1. The quantitative estimate of drug-likeness (QED) is 0.816. The zero-order valence-corrected chi connectivity index (χ0v) is 16.8. The molecular formula is C20H31ClN2O3. The number of hydrogen-bond acceptors (Lipinski definition) is 4. The van der Waals surface area contributed by atoms with Gasteiger partial charge in [-0.1, -0.05) is 19.9 Å². The normalized spacial score (nSPS) is 22.4. The maximum Gasteiger partial charge on any atom is 0.231 e. The van der Waals surface area contributed by atoms with E-state index in [9.17, 15) is 4.79 Å². The van der Waals surface area contributed by atoms with Gasteiger partial charge in [0.1, 0.15) is 0 Å². The third-order valence-electron chi connectivity index (χ3n) is 5.43. The van der Waals surface area contributed by atoms with E-state index in [1.807, 2.05) is 32.2 Å². The van der Waals surface area contributed by atoms with Crippen LogP contribution in [0.4, 0.5) is 0 Å². The van der Waals surface area contributed by atoms with E-state index in [0.29, 0.717) is 19.1 Å². The van der Waals surface area contributed by atoms with E-state index in [1.54, 1.807) is 0 Å². The average molecular weight is 383 g/mol. The fraction of sp³-hybridized carbons (Fsp3) is 0.650. The molecule has 1 heterocycles. The molecule has 0 bridgehead atoms. The summed E-state index contributed by atoms with van der Waals surface area (Å²) in [7, 11) is 1.90. The summed E-state index contributed by atoms with van der Waals surface area (Å²) in [6, 6.07) is 6.34. The second-order valence-electron chi connectivity index (χ2n) is 7.53. The number of halogens is 1. The number of amides is 1. The molecule has 146 valence electrons. The van der Waals surface area contributed by atoms with E-state index < -0.39 is 0 Å². The van der Waals surface area contributed by atoms with Gasteiger partial charge in [-0.05, 0) is 56.3 Å². The van der Waals surface area contributed by atoms with Crippen molar-refractivity contribution >= 4 is 18.3 Å². The monoisotopic (exact) mass is 382 g/mol. The zero-order chi connectivity index (χ0) is 17.8. The van der Waals surface area contributed by atoms with Crippen molar-refractivity contribution in [2.75, 3.05) is 20.4 Å². The second kappa shape index (κ2) is 9.47. The molecule has 1 saturated carbocycles. The Morgan fingerprint density at radius 2 is 1.92 bits per heavy atom. The Hall–Kier alpha value is -1.46. The van der Waals surface area contributed by atoms with Gasteiger partial charge in [0.05, 0.1) is 0 Å². The number of rotatable bonds is 6. The third kappa shape index (κ3) is 4.83. The lowest BCUT2D eigenvalue weighted by Gasteiger charge is -2.37. The molecule has 0 saturated heterocycles. The lowest BCUT2D eigenvalue weighted by atomic mass is 9.86. The predicted molar refractivity (Wildman–Crippen MR) is 105 cm³/mol. The van der Waals surface area contributed by atoms with Crippen molar-refractivity contribution in [2.45, 2.75) is 52.1 Å². The van der Waals surface area contributed by atoms with Crippen LogP contribution in [-0.2, 0) is 11.3 Å². The summed E-state index contributed by atoms with van der Waals surface area (Å²) >= 11 is 0. The van der Waals surface area contributed by atoms with E-state index in [-0.39, 0.29) is 31.0 Å². The van der Waals surface area contributed by atoms with Crippen molar-refractivity contribution < 1.29 is 14.3 Å². The second-order valence-corrected chi connectivity index (χ2v) is 7.53. The van der Waals surface area contributed by atoms with Crippen LogP contribution >= 0.6 is 12.4 Å². The molecule has 1 atom stereocenters. The summed E-state index contributed by atoms with van der Waals surface area (Å²) < 4.78 is 10.9. The first-order valence-electron chi connectivity index (χ1n) is 9.42. The number of ether oxygens (including phenoxy) is 2. The fourth-order valence-corrected chi connectivity index (χ4v) is 3.85. The highest BCUT2D eigenvalue weighted by Gasteiger charge is 2.30. The van der Waals surface area contributed by atoms with Gasteiger partial charge < -0.3 is 19.7 Å². The summed E-state index contributed by atoms with van der Waals surface area (Å²) in [4.78, 5) is 15.2. The Bertz CT molecular complexity index is 603. The van der Waals surface area contributed by atoms with Crippen LogP contribution in [0.3, 0.4) is 0 Å². The first kappa shape index (κ1) is 20.8. The minimum Gasteiger partial charge on any atom is -0.454 e. The van der Waals surface area contributed by atoms with Crippen LogP contribution in [0.15, 0.2) is 18.2 Å². The molecular weight excluding hydrogens is 352 g/mol. The van der Waals surface area contributed by atoms with Crippen molar-refractivity contribution in [2.24, 2.45) is 11.8 Å². The Balaban J connectivity index is 0.00000243. The smallest absolute Gasteiger partial charge is 0.231 e. The van der Waals surface area contributed by atoms with Crippen LogP contribution in [-0.4, -0.2) is 37.2 Å². The molecule has 3 rings (SSSR count).